The van der Waals surface area contributed by atoms with Crippen molar-refractivity contribution in [3.63, 3.8) is 0 Å². The van der Waals surface area contributed by atoms with Crippen LogP contribution in [0.1, 0.15) is 0 Å². The SMILES string of the molecule is c1ccc2c(c1)cc(-c1ccc(Nc3cccc4c3oc3ccccc34)cc1)c1ccccc12. The van der Waals surface area contributed by atoms with E-state index in [1.807, 2.05) is 18.2 Å². The molecule has 6 aromatic carbocycles. The van der Waals surface area contributed by atoms with Crippen molar-refractivity contribution in [2.75, 3.05) is 5.32 Å². The summed E-state index contributed by atoms with van der Waals surface area (Å²) < 4.78 is 6.18. The summed E-state index contributed by atoms with van der Waals surface area (Å²) in [5.41, 5.74) is 6.24. The zero-order chi connectivity index (χ0) is 22.5. The average molecular weight is 436 g/mol. The molecule has 7 rings (SSSR count). The molecule has 160 valence electrons. The molecule has 0 radical (unpaired) electrons. The smallest absolute Gasteiger partial charge is 0.158 e. The van der Waals surface area contributed by atoms with Crippen molar-refractivity contribution in [1.29, 1.82) is 0 Å². The lowest BCUT2D eigenvalue weighted by atomic mass is 9.93. The van der Waals surface area contributed by atoms with E-state index in [0.29, 0.717) is 0 Å². The summed E-state index contributed by atoms with van der Waals surface area (Å²) in [6.45, 7) is 0. The van der Waals surface area contributed by atoms with Crippen molar-refractivity contribution >= 4 is 54.9 Å². The van der Waals surface area contributed by atoms with Gasteiger partial charge in [0, 0.05) is 16.5 Å². The Morgan fingerprint density at radius 2 is 1.18 bits per heavy atom. The number of anilines is 2. The highest BCUT2D eigenvalue weighted by molar-refractivity contribution is 6.14. The van der Waals surface area contributed by atoms with Crippen LogP contribution in [0.4, 0.5) is 11.4 Å². The molecule has 0 saturated carbocycles. The molecule has 0 amide bonds. The van der Waals surface area contributed by atoms with Crippen LogP contribution in [-0.4, -0.2) is 0 Å². The Balaban J connectivity index is 1.30. The molecule has 0 atom stereocenters. The van der Waals surface area contributed by atoms with Crippen molar-refractivity contribution in [2.24, 2.45) is 0 Å². The molecule has 0 saturated heterocycles. The van der Waals surface area contributed by atoms with E-state index >= 15 is 0 Å². The number of para-hydroxylation sites is 2. The third-order valence-corrected chi connectivity index (χ3v) is 6.65. The van der Waals surface area contributed by atoms with Crippen molar-refractivity contribution in [2.45, 2.75) is 0 Å². The van der Waals surface area contributed by atoms with Crippen LogP contribution in [0.15, 0.2) is 126 Å². The molecule has 1 aromatic heterocycles. The quantitative estimate of drug-likeness (QED) is 0.280. The van der Waals surface area contributed by atoms with Gasteiger partial charge in [-0.25, -0.2) is 0 Å². The van der Waals surface area contributed by atoms with Gasteiger partial charge in [0.15, 0.2) is 5.58 Å². The molecule has 0 aliphatic rings. The Hall–Kier alpha value is -4.56. The number of benzene rings is 6. The van der Waals surface area contributed by atoms with E-state index in [-0.39, 0.29) is 0 Å². The third-order valence-electron chi connectivity index (χ3n) is 6.65. The van der Waals surface area contributed by atoms with Gasteiger partial charge in [0.25, 0.3) is 0 Å². The number of hydrogen-bond donors (Lipinski definition) is 1. The zero-order valence-corrected chi connectivity index (χ0v) is 18.5. The van der Waals surface area contributed by atoms with Gasteiger partial charge in [0.2, 0.25) is 0 Å². The van der Waals surface area contributed by atoms with E-state index in [1.165, 1.54) is 32.7 Å². The Labute approximate surface area is 197 Å². The second kappa shape index (κ2) is 7.50. The number of fused-ring (bicyclic) bond motifs is 6. The predicted octanol–water partition coefficient (Wildman–Crippen LogP) is 9.30. The van der Waals surface area contributed by atoms with Gasteiger partial charge in [0.05, 0.1) is 5.69 Å². The van der Waals surface area contributed by atoms with Crippen LogP contribution >= 0.6 is 0 Å². The van der Waals surface area contributed by atoms with E-state index in [2.05, 4.69) is 108 Å². The first-order valence-electron chi connectivity index (χ1n) is 11.5. The van der Waals surface area contributed by atoms with E-state index in [9.17, 15) is 0 Å². The minimum atomic E-state index is 0.883. The van der Waals surface area contributed by atoms with Crippen LogP contribution in [0.25, 0.3) is 54.6 Å². The van der Waals surface area contributed by atoms with Crippen molar-refractivity contribution in [3.05, 3.63) is 121 Å². The minimum absolute atomic E-state index is 0.883. The maximum atomic E-state index is 6.18. The second-order valence-electron chi connectivity index (χ2n) is 8.67. The van der Waals surface area contributed by atoms with E-state index in [4.69, 9.17) is 4.42 Å². The fraction of sp³-hybridized carbons (Fsp3) is 0. The topological polar surface area (TPSA) is 25.2 Å². The third kappa shape index (κ3) is 2.96. The molecule has 0 fully saturated rings. The van der Waals surface area contributed by atoms with E-state index in [1.54, 1.807) is 0 Å². The molecule has 0 bridgehead atoms. The first-order chi connectivity index (χ1) is 16.8. The van der Waals surface area contributed by atoms with Crippen LogP contribution in [-0.2, 0) is 0 Å². The molecule has 1 heterocycles. The minimum Gasteiger partial charge on any atom is -0.454 e. The zero-order valence-electron chi connectivity index (χ0n) is 18.5. The fourth-order valence-electron chi connectivity index (χ4n) is 5.03. The molecule has 7 aromatic rings. The molecule has 0 aliphatic carbocycles. The first-order valence-corrected chi connectivity index (χ1v) is 11.5. The number of rotatable bonds is 3. The van der Waals surface area contributed by atoms with Gasteiger partial charge in [-0.3, -0.25) is 0 Å². The second-order valence-corrected chi connectivity index (χ2v) is 8.67. The first kappa shape index (κ1) is 19.0. The normalized spacial score (nSPS) is 11.5. The molecule has 0 spiro atoms. The molecular formula is C32H21NO. The summed E-state index contributed by atoms with van der Waals surface area (Å²) in [5.74, 6) is 0. The summed E-state index contributed by atoms with van der Waals surface area (Å²) in [6.07, 6.45) is 0. The Morgan fingerprint density at radius 3 is 2.03 bits per heavy atom. The standard InChI is InChI=1S/C32H21NO/c1-2-9-24-22(8-1)20-29(26-11-4-3-10-25(24)26)21-16-18-23(19-17-21)33-30-14-7-13-28-27-12-5-6-15-31(27)34-32(28)30/h1-20,33H. The lowest BCUT2D eigenvalue weighted by molar-refractivity contribution is 0.670. The van der Waals surface area contributed by atoms with Crippen molar-refractivity contribution < 1.29 is 4.42 Å². The van der Waals surface area contributed by atoms with Crippen LogP contribution < -0.4 is 5.32 Å². The van der Waals surface area contributed by atoms with Gasteiger partial charge < -0.3 is 9.73 Å². The van der Waals surface area contributed by atoms with Crippen LogP contribution in [0.5, 0.6) is 0 Å². The Morgan fingerprint density at radius 1 is 0.500 bits per heavy atom. The van der Waals surface area contributed by atoms with E-state index in [0.717, 1.165) is 33.3 Å². The largest absolute Gasteiger partial charge is 0.454 e. The summed E-state index contributed by atoms with van der Waals surface area (Å²) in [5, 5.41) is 10.9. The molecule has 34 heavy (non-hydrogen) atoms. The highest BCUT2D eigenvalue weighted by Gasteiger charge is 2.11. The summed E-state index contributed by atoms with van der Waals surface area (Å²) in [7, 11) is 0. The van der Waals surface area contributed by atoms with Gasteiger partial charge in [-0.2, -0.15) is 0 Å². The monoisotopic (exact) mass is 435 g/mol. The number of hydrogen-bond acceptors (Lipinski definition) is 2. The maximum absolute atomic E-state index is 6.18. The molecular weight excluding hydrogens is 414 g/mol. The number of nitrogens with one attached hydrogen (secondary N) is 1. The van der Waals surface area contributed by atoms with Gasteiger partial charge in [-0.05, 0) is 63.0 Å². The van der Waals surface area contributed by atoms with Gasteiger partial charge >= 0.3 is 0 Å². The highest BCUT2D eigenvalue weighted by atomic mass is 16.3. The van der Waals surface area contributed by atoms with Crippen LogP contribution in [0, 0.1) is 0 Å². The molecule has 2 nitrogen and oxygen atoms in total. The van der Waals surface area contributed by atoms with Gasteiger partial charge in [0.1, 0.15) is 5.58 Å². The summed E-state index contributed by atoms with van der Waals surface area (Å²) >= 11 is 0. The molecule has 1 N–H and O–H groups in total. The summed E-state index contributed by atoms with van der Waals surface area (Å²) in [4.78, 5) is 0. The molecule has 2 heteroatoms. The van der Waals surface area contributed by atoms with E-state index < -0.39 is 0 Å². The number of furan rings is 1. The van der Waals surface area contributed by atoms with Gasteiger partial charge in [-0.1, -0.05) is 91.0 Å². The van der Waals surface area contributed by atoms with Crippen molar-refractivity contribution in [3.8, 4) is 11.1 Å². The molecule has 0 aliphatic heterocycles. The average Bonchev–Trinajstić information content (AvgIpc) is 3.29. The van der Waals surface area contributed by atoms with Crippen molar-refractivity contribution in [1.82, 2.24) is 0 Å². The Bertz CT molecular complexity index is 1830. The lowest BCUT2D eigenvalue weighted by Gasteiger charge is -2.12. The predicted molar refractivity (Wildman–Crippen MR) is 144 cm³/mol. The van der Waals surface area contributed by atoms with Crippen LogP contribution in [0.2, 0.25) is 0 Å². The van der Waals surface area contributed by atoms with Gasteiger partial charge in [-0.15, -0.1) is 0 Å². The Kier molecular flexibility index (Phi) is 4.18. The molecule has 0 unspecified atom stereocenters. The maximum Gasteiger partial charge on any atom is 0.158 e. The highest BCUT2D eigenvalue weighted by Crippen LogP contribution is 2.37. The fourth-order valence-corrected chi connectivity index (χ4v) is 5.03. The lowest BCUT2D eigenvalue weighted by Crippen LogP contribution is -1.91. The summed E-state index contributed by atoms with van der Waals surface area (Å²) in [6, 6.07) is 42.6. The van der Waals surface area contributed by atoms with Crippen LogP contribution in [0.3, 0.4) is 0 Å².